The van der Waals surface area contributed by atoms with Crippen molar-refractivity contribution in [2.45, 2.75) is 29.7 Å². The van der Waals surface area contributed by atoms with Crippen LogP contribution >= 0.6 is 27.7 Å². The molecule has 19 heavy (non-hydrogen) atoms. The quantitative estimate of drug-likeness (QED) is 0.475. The largest absolute Gasteiger partial charge is 0.369 e. The van der Waals surface area contributed by atoms with Gasteiger partial charge in [0.15, 0.2) is 0 Å². The van der Waals surface area contributed by atoms with Gasteiger partial charge in [-0.2, -0.15) is 11.8 Å². The van der Waals surface area contributed by atoms with Gasteiger partial charge in [-0.25, -0.2) is 0 Å². The van der Waals surface area contributed by atoms with E-state index in [9.17, 15) is 10.1 Å². The molecule has 0 amide bonds. The summed E-state index contributed by atoms with van der Waals surface area (Å²) in [4.78, 5) is 12.8. The highest BCUT2D eigenvalue weighted by molar-refractivity contribution is 9.08. The average Bonchev–Trinajstić information content (AvgIpc) is 2.36. The first-order chi connectivity index (χ1) is 9.01. The Morgan fingerprint density at radius 1 is 1.42 bits per heavy atom. The van der Waals surface area contributed by atoms with Crippen molar-refractivity contribution >= 4 is 39.1 Å². The second kappa shape index (κ2) is 6.13. The maximum Gasteiger partial charge on any atom is 0.269 e. The van der Waals surface area contributed by atoms with Gasteiger partial charge < -0.3 is 4.90 Å². The first-order valence-corrected chi connectivity index (χ1v) is 8.31. The third-order valence-electron chi connectivity index (χ3n) is 3.18. The number of hydrogen-bond donors (Lipinski definition) is 0. The van der Waals surface area contributed by atoms with Gasteiger partial charge in [0.1, 0.15) is 0 Å². The van der Waals surface area contributed by atoms with Crippen LogP contribution in [0.1, 0.15) is 19.4 Å². The van der Waals surface area contributed by atoms with Crippen LogP contribution in [0.5, 0.6) is 0 Å². The number of alkyl halides is 1. The zero-order valence-corrected chi connectivity index (χ0v) is 13.4. The lowest BCUT2D eigenvalue weighted by Gasteiger charge is -2.37. The summed E-state index contributed by atoms with van der Waals surface area (Å²) in [7, 11) is 0. The predicted molar refractivity (Wildman–Crippen MR) is 84.5 cm³/mol. The van der Waals surface area contributed by atoms with Crippen molar-refractivity contribution in [1.82, 2.24) is 0 Å². The van der Waals surface area contributed by atoms with E-state index in [2.05, 4.69) is 34.7 Å². The van der Waals surface area contributed by atoms with Crippen LogP contribution in [0.4, 0.5) is 11.4 Å². The molecule has 1 aliphatic rings. The second-order valence-electron chi connectivity index (χ2n) is 4.87. The van der Waals surface area contributed by atoms with Gasteiger partial charge in [-0.15, -0.1) is 0 Å². The van der Waals surface area contributed by atoms with Crippen molar-refractivity contribution in [3.8, 4) is 0 Å². The maximum atomic E-state index is 10.8. The van der Waals surface area contributed by atoms with Crippen LogP contribution in [-0.2, 0) is 5.33 Å². The highest BCUT2D eigenvalue weighted by Crippen LogP contribution is 2.33. The van der Waals surface area contributed by atoms with Gasteiger partial charge in [0.05, 0.1) is 4.92 Å². The summed E-state index contributed by atoms with van der Waals surface area (Å²) in [5, 5.41) is 12.6. The summed E-state index contributed by atoms with van der Waals surface area (Å²) in [5.74, 6) is 0. The van der Waals surface area contributed by atoms with Crippen LogP contribution in [0.25, 0.3) is 0 Å². The molecule has 4 nitrogen and oxygen atoms in total. The molecule has 0 bridgehead atoms. The van der Waals surface area contributed by atoms with Crippen molar-refractivity contribution in [2.24, 2.45) is 0 Å². The number of thioether (sulfide) groups is 1. The highest BCUT2D eigenvalue weighted by Gasteiger charge is 2.24. The van der Waals surface area contributed by atoms with Crippen LogP contribution in [0, 0.1) is 10.1 Å². The summed E-state index contributed by atoms with van der Waals surface area (Å²) >= 11 is 5.43. The molecular weight excluding hydrogens is 328 g/mol. The maximum absolute atomic E-state index is 10.8. The Hall–Kier alpha value is -0.750. The first kappa shape index (κ1) is 14.7. The number of nitrogens with zero attached hydrogens (tertiary/aromatic N) is 2. The van der Waals surface area contributed by atoms with Crippen molar-refractivity contribution < 1.29 is 4.92 Å². The van der Waals surface area contributed by atoms with Gasteiger partial charge in [-0.1, -0.05) is 29.8 Å². The van der Waals surface area contributed by atoms with E-state index in [-0.39, 0.29) is 10.6 Å². The molecule has 1 aliphatic heterocycles. The number of nitro benzene ring substituents is 1. The summed E-state index contributed by atoms with van der Waals surface area (Å²) < 4.78 is 0. The van der Waals surface area contributed by atoms with Crippen LogP contribution in [0.2, 0.25) is 0 Å². The molecule has 1 aromatic rings. The number of non-ortho nitro benzene ring substituents is 1. The highest BCUT2D eigenvalue weighted by atomic mass is 79.9. The lowest BCUT2D eigenvalue weighted by molar-refractivity contribution is -0.384. The van der Waals surface area contributed by atoms with Crippen LogP contribution in [-0.4, -0.2) is 28.5 Å². The Kier molecular flexibility index (Phi) is 4.73. The van der Waals surface area contributed by atoms with E-state index in [1.165, 1.54) is 0 Å². The Labute approximate surface area is 125 Å². The van der Waals surface area contributed by atoms with E-state index >= 15 is 0 Å². The van der Waals surface area contributed by atoms with E-state index in [0.29, 0.717) is 15.8 Å². The number of benzene rings is 1. The molecule has 0 aliphatic carbocycles. The molecule has 0 radical (unpaired) electrons. The number of nitro groups is 1. The third kappa shape index (κ3) is 3.42. The zero-order chi connectivity index (χ0) is 14.0. The predicted octanol–water partition coefficient (Wildman–Crippen LogP) is 3.82. The molecule has 1 heterocycles. The van der Waals surface area contributed by atoms with Gasteiger partial charge in [-0.05, 0) is 11.6 Å². The van der Waals surface area contributed by atoms with Gasteiger partial charge in [-0.3, -0.25) is 10.1 Å². The van der Waals surface area contributed by atoms with E-state index in [4.69, 9.17) is 0 Å². The molecule has 0 spiro atoms. The van der Waals surface area contributed by atoms with Crippen LogP contribution < -0.4 is 4.90 Å². The monoisotopic (exact) mass is 344 g/mol. The van der Waals surface area contributed by atoms with Gasteiger partial charge >= 0.3 is 0 Å². The van der Waals surface area contributed by atoms with E-state index in [0.717, 1.165) is 24.3 Å². The van der Waals surface area contributed by atoms with Gasteiger partial charge in [0.25, 0.3) is 5.69 Å². The molecule has 2 rings (SSSR count). The van der Waals surface area contributed by atoms with E-state index in [1.807, 2.05) is 17.8 Å². The molecule has 104 valence electrons. The fourth-order valence-corrected chi connectivity index (χ4v) is 4.25. The number of hydrogen-bond acceptors (Lipinski definition) is 4. The second-order valence-corrected chi connectivity index (χ2v) is 7.31. The number of rotatable bonds is 3. The minimum atomic E-state index is -0.340. The van der Waals surface area contributed by atoms with Gasteiger partial charge in [0, 0.05) is 46.7 Å². The molecule has 1 aromatic carbocycles. The standard InChI is InChI=1S/C13H17BrN2O2S/c1-9-7-15(8-10(2)19-9)13-4-3-12(16(17)18)5-11(13)6-14/h3-5,9-10H,6-8H2,1-2H3. The zero-order valence-electron chi connectivity index (χ0n) is 11.0. The normalized spacial score (nSPS) is 23.4. The molecule has 6 heteroatoms. The fourth-order valence-electron chi connectivity index (χ4n) is 2.48. The first-order valence-electron chi connectivity index (χ1n) is 6.25. The summed E-state index contributed by atoms with van der Waals surface area (Å²) in [6, 6.07) is 5.14. The Balaban J connectivity index is 2.30. The van der Waals surface area contributed by atoms with Crippen molar-refractivity contribution in [2.75, 3.05) is 18.0 Å². The number of anilines is 1. The van der Waals surface area contributed by atoms with Crippen LogP contribution in [0.15, 0.2) is 18.2 Å². The van der Waals surface area contributed by atoms with Crippen molar-refractivity contribution in [1.29, 1.82) is 0 Å². The molecule has 0 N–H and O–H groups in total. The molecule has 1 fully saturated rings. The van der Waals surface area contributed by atoms with E-state index in [1.54, 1.807) is 12.1 Å². The lowest BCUT2D eigenvalue weighted by atomic mass is 10.1. The Morgan fingerprint density at radius 3 is 2.58 bits per heavy atom. The lowest BCUT2D eigenvalue weighted by Crippen LogP contribution is -2.40. The molecule has 1 saturated heterocycles. The van der Waals surface area contributed by atoms with Crippen molar-refractivity contribution in [3.63, 3.8) is 0 Å². The minimum absolute atomic E-state index is 0.158. The van der Waals surface area contributed by atoms with E-state index < -0.39 is 0 Å². The summed E-state index contributed by atoms with van der Waals surface area (Å²) in [6.07, 6.45) is 0. The number of halogens is 1. The minimum Gasteiger partial charge on any atom is -0.369 e. The SMILES string of the molecule is CC1CN(c2ccc([N+](=O)[O-])cc2CBr)CC(C)S1. The molecular formula is C13H17BrN2O2S. The van der Waals surface area contributed by atoms with Gasteiger partial charge in [0.2, 0.25) is 0 Å². The van der Waals surface area contributed by atoms with Crippen LogP contribution in [0.3, 0.4) is 0 Å². The summed E-state index contributed by atoms with van der Waals surface area (Å²) in [6.45, 7) is 6.44. The fraction of sp³-hybridized carbons (Fsp3) is 0.538. The smallest absolute Gasteiger partial charge is 0.269 e. The van der Waals surface area contributed by atoms with Crippen molar-refractivity contribution in [3.05, 3.63) is 33.9 Å². The molecule has 2 atom stereocenters. The Morgan fingerprint density at radius 2 is 2.05 bits per heavy atom. The molecule has 2 unspecified atom stereocenters. The topological polar surface area (TPSA) is 46.4 Å². The third-order valence-corrected chi connectivity index (χ3v) is 5.01. The molecule has 0 aromatic heterocycles. The molecule has 0 saturated carbocycles. The summed E-state index contributed by atoms with van der Waals surface area (Å²) in [5.41, 5.74) is 2.26. The average molecular weight is 345 g/mol. The Bertz CT molecular complexity index is 474.